The van der Waals surface area contributed by atoms with Crippen LogP contribution in [0.4, 0.5) is 16.2 Å². The Morgan fingerprint density at radius 2 is 1.81 bits per heavy atom. The number of aryl methyl sites for hydroxylation is 2. The molecule has 2 rings (SSSR count). The van der Waals surface area contributed by atoms with E-state index in [0.717, 1.165) is 22.5 Å². The molecule has 0 aliphatic carbocycles. The van der Waals surface area contributed by atoms with Crippen LogP contribution in [0.2, 0.25) is 0 Å². The van der Waals surface area contributed by atoms with E-state index in [1.165, 1.54) is 5.56 Å². The van der Waals surface area contributed by atoms with Crippen LogP contribution in [-0.2, 0) is 6.54 Å². The van der Waals surface area contributed by atoms with Gasteiger partial charge in [-0.2, -0.15) is 0 Å². The molecule has 0 fully saturated rings. The zero-order chi connectivity index (χ0) is 15.4. The third kappa shape index (κ3) is 3.61. The Labute approximate surface area is 125 Å². The molecule has 0 atom stereocenters. The average Bonchev–Trinajstić information content (AvgIpc) is 2.47. The number of carbonyl (C=O) groups excluding carboxylic acids is 1. The quantitative estimate of drug-likeness (QED) is 0.906. The van der Waals surface area contributed by atoms with Crippen molar-refractivity contribution in [1.29, 1.82) is 0 Å². The topological polar surface area (TPSA) is 58.4 Å². The molecule has 0 aromatic heterocycles. The van der Waals surface area contributed by atoms with Crippen LogP contribution in [0.15, 0.2) is 42.5 Å². The number of nitrogens with two attached hydrogens (primary N) is 1. The van der Waals surface area contributed by atoms with E-state index in [1.807, 2.05) is 50.2 Å². The molecule has 2 amide bonds. The van der Waals surface area contributed by atoms with Crippen LogP contribution in [0.5, 0.6) is 0 Å². The monoisotopic (exact) mass is 283 g/mol. The highest BCUT2D eigenvalue weighted by Gasteiger charge is 2.13. The second kappa shape index (κ2) is 6.41. The summed E-state index contributed by atoms with van der Waals surface area (Å²) in [6.45, 7) is 4.54. The maximum absolute atomic E-state index is 12.3. The summed E-state index contributed by atoms with van der Waals surface area (Å²) >= 11 is 0. The van der Waals surface area contributed by atoms with Crippen molar-refractivity contribution in [1.82, 2.24) is 0 Å². The SMILES string of the molecule is Cc1ccc(N(C)C(=O)Nc2ccc(CN)cc2)c(C)c1. The minimum absolute atomic E-state index is 0.164. The molecule has 0 saturated heterocycles. The maximum Gasteiger partial charge on any atom is 0.326 e. The van der Waals surface area contributed by atoms with Crippen molar-refractivity contribution in [2.45, 2.75) is 20.4 Å². The first kappa shape index (κ1) is 15.1. The van der Waals surface area contributed by atoms with Crippen LogP contribution < -0.4 is 16.0 Å². The Hall–Kier alpha value is -2.33. The highest BCUT2D eigenvalue weighted by molar-refractivity contribution is 6.01. The molecule has 0 heterocycles. The summed E-state index contributed by atoms with van der Waals surface area (Å²) in [5, 5.41) is 2.88. The number of hydrogen-bond donors (Lipinski definition) is 2. The van der Waals surface area contributed by atoms with Crippen LogP contribution in [-0.4, -0.2) is 13.1 Å². The van der Waals surface area contributed by atoms with Gasteiger partial charge in [-0.3, -0.25) is 4.90 Å². The molecule has 0 aliphatic rings. The molecule has 0 bridgehead atoms. The van der Waals surface area contributed by atoms with Gasteiger partial charge in [-0.15, -0.1) is 0 Å². The van der Waals surface area contributed by atoms with Crippen LogP contribution in [0, 0.1) is 13.8 Å². The molecule has 0 radical (unpaired) electrons. The summed E-state index contributed by atoms with van der Waals surface area (Å²) in [5.74, 6) is 0. The molecular formula is C17H21N3O. The van der Waals surface area contributed by atoms with Gasteiger partial charge in [-0.1, -0.05) is 29.8 Å². The molecule has 2 aromatic rings. The molecule has 3 N–H and O–H groups in total. The van der Waals surface area contributed by atoms with Gasteiger partial charge in [0, 0.05) is 25.0 Å². The maximum atomic E-state index is 12.3. The number of urea groups is 1. The zero-order valence-corrected chi connectivity index (χ0v) is 12.7. The van der Waals surface area contributed by atoms with Crippen molar-refractivity contribution in [2.24, 2.45) is 5.73 Å². The molecule has 110 valence electrons. The third-order valence-electron chi connectivity index (χ3n) is 3.46. The van der Waals surface area contributed by atoms with Gasteiger partial charge < -0.3 is 11.1 Å². The van der Waals surface area contributed by atoms with Crippen LogP contribution >= 0.6 is 0 Å². The van der Waals surface area contributed by atoms with Crippen molar-refractivity contribution >= 4 is 17.4 Å². The number of anilines is 2. The number of hydrogen-bond acceptors (Lipinski definition) is 2. The molecule has 0 spiro atoms. The third-order valence-corrected chi connectivity index (χ3v) is 3.46. The number of carbonyl (C=O) groups is 1. The normalized spacial score (nSPS) is 10.3. The van der Waals surface area contributed by atoms with E-state index >= 15 is 0 Å². The first-order valence-corrected chi connectivity index (χ1v) is 6.92. The van der Waals surface area contributed by atoms with E-state index in [1.54, 1.807) is 11.9 Å². The number of rotatable bonds is 3. The number of benzene rings is 2. The molecule has 2 aromatic carbocycles. The fourth-order valence-electron chi connectivity index (χ4n) is 2.22. The Morgan fingerprint density at radius 3 is 2.38 bits per heavy atom. The molecule has 21 heavy (non-hydrogen) atoms. The lowest BCUT2D eigenvalue weighted by Crippen LogP contribution is -2.31. The number of nitrogens with one attached hydrogen (secondary N) is 1. The molecule has 0 saturated carbocycles. The summed E-state index contributed by atoms with van der Waals surface area (Å²) in [7, 11) is 1.77. The van der Waals surface area contributed by atoms with E-state index in [-0.39, 0.29) is 6.03 Å². The van der Waals surface area contributed by atoms with Crippen molar-refractivity contribution in [3.63, 3.8) is 0 Å². The largest absolute Gasteiger partial charge is 0.326 e. The minimum atomic E-state index is -0.164. The second-order valence-corrected chi connectivity index (χ2v) is 5.18. The van der Waals surface area contributed by atoms with Gasteiger partial charge in [-0.25, -0.2) is 4.79 Å². The smallest absolute Gasteiger partial charge is 0.326 e. The van der Waals surface area contributed by atoms with Crippen LogP contribution in [0.3, 0.4) is 0 Å². The Bertz CT molecular complexity index is 635. The second-order valence-electron chi connectivity index (χ2n) is 5.18. The Morgan fingerprint density at radius 1 is 1.14 bits per heavy atom. The summed E-state index contributed by atoms with van der Waals surface area (Å²) < 4.78 is 0. The summed E-state index contributed by atoms with van der Waals surface area (Å²) in [6, 6.07) is 13.4. The van der Waals surface area contributed by atoms with Crippen molar-refractivity contribution in [3.8, 4) is 0 Å². The Balaban J connectivity index is 2.11. The van der Waals surface area contributed by atoms with Crippen molar-refractivity contribution in [2.75, 3.05) is 17.3 Å². The van der Waals surface area contributed by atoms with Gasteiger partial charge in [0.05, 0.1) is 0 Å². The fraction of sp³-hybridized carbons (Fsp3) is 0.235. The van der Waals surface area contributed by atoms with E-state index in [2.05, 4.69) is 11.4 Å². The lowest BCUT2D eigenvalue weighted by molar-refractivity contribution is 0.258. The zero-order valence-electron chi connectivity index (χ0n) is 12.7. The average molecular weight is 283 g/mol. The van der Waals surface area contributed by atoms with E-state index in [4.69, 9.17) is 5.73 Å². The first-order chi connectivity index (χ1) is 10.0. The molecule has 0 unspecified atom stereocenters. The van der Waals surface area contributed by atoms with Gasteiger partial charge in [0.15, 0.2) is 0 Å². The molecule has 4 nitrogen and oxygen atoms in total. The number of nitrogens with zero attached hydrogens (tertiary/aromatic N) is 1. The summed E-state index contributed by atoms with van der Waals surface area (Å²) in [5.41, 5.74) is 10.5. The van der Waals surface area contributed by atoms with Crippen molar-refractivity contribution < 1.29 is 4.79 Å². The van der Waals surface area contributed by atoms with Gasteiger partial charge in [0.1, 0.15) is 0 Å². The minimum Gasteiger partial charge on any atom is -0.326 e. The lowest BCUT2D eigenvalue weighted by Gasteiger charge is -2.20. The Kier molecular flexibility index (Phi) is 4.60. The highest BCUT2D eigenvalue weighted by atomic mass is 16.2. The van der Waals surface area contributed by atoms with E-state index in [9.17, 15) is 4.79 Å². The highest BCUT2D eigenvalue weighted by Crippen LogP contribution is 2.21. The molecular weight excluding hydrogens is 262 g/mol. The standard InChI is InChI=1S/C17H21N3O/c1-12-4-9-16(13(2)10-12)20(3)17(21)19-15-7-5-14(11-18)6-8-15/h4-10H,11,18H2,1-3H3,(H,19,21). The van der Waals surface area contributed by atoms with Gasteiger partial charge >= 0.3 is 6.03 Å². The predicted molar refractivity (Wildman–Crippen MR) is 87.7 cm³/mol. The number of amides is 2. The molecule has 4 heteroatoms. The summed E-state index contributed by atoms with van der Waals surface area (Å²) in [4.78, 5) is 13.9. The van der Waals surface area contributed by atoms with E-state index < -0.39 is 0 Å². The van der Waals surface area contributed by atoms with Crippen LogP contribution in [0.1, 0.15) is 16.7 Å². The first-order valence-electron chi connectivity index (χ1n) is 6.92. The fourth-order valence-corrected chi connectivity index (χ4v) is 2.22. The predicted octanol–water partition coefficient (Wildman–Crippen LogP) is 3.43. The summed E-state index contributed by atoms with van der Waals surface area (Å²) in [6.07, 6.45) is 0. The molecule has 0 aliphatic heterocycles. The van der Waals surface area contributed by atoms with Gasteiger partial charge in [0.2, 0.25) is 0 Å². The van der Waals surface area contributed by atoms with Crippen LogP contribution in [0.25, 0.3) is 0 Å². The van der Waals surface area contributed by atoms with Gasteiger partial charge in [-0.05, 0) is 43.2 Å². The van der Waals surface area contributed by atoms with Gasteiger partial charge in [0.25, 0.3) is 0 Å². The van der Waals surface area contributed by atoms with Crippen molar-refractivity contribution in [3.05, 3.63) is 59.2 Å². The lowest BCUT2D eigenvalue weighted by atomic mass is 10.1. The van der Waals surface area contributed by atoms with E-state index in [0.29, 0.717) is 6.54 Å².